The van der Waals surface area contributed by atoms with Crippen LogP contribution in [0, 0.1) is 0 Å². The lowest BCUT2D eigenvalue weighted by Gasteiger charge is -2.23. The van der Waals surface area contributed by atoms with E-state index in [1.165, 1.54) is 23.4 Å². The molecular formula is C16H16BrClN2O3S. The van der Waals surface area contributed by atoms with Crippen LogP contribution in [0.4, 0.5) is 11.4 Å². The molecule has 0 saturated carbocycles. The molecule has 128 valence electrons. The molecule has 2 aromatic carbocycles. The van der Waals surface area contributed by atoms with Crippen molar-refractivity contribution in [3.63, 3.8) is 0 Å². The van der Waals surface area contributed by atoms with Crippen molar-refractivity contribution in [1.82, 2.24) is 0 Å². The third-order valence-corrected chi connectivity index (χ3v) is 6.39. The summed E-state index contributed by atoms with van der Waals surface area (Å²) in [6.45, 7) is 3.40. The number of hydrogen-bond donors (Lipinski definition) is 1. The van der Waals surface area contributed by atoms with E-state index in [9.17, 15) is 13.2 Å². The fraction of sp³-hybridized carbons (Fsp3) is 0.188. The largest absolute Gasteiger partial charge is 0.326 e. The first kappa shape index (κ1) is 18.8. The highest BCUT2D eigenvalue weighted by atomic mass is 79.9. The predicted octanol–water partition coefficient (Wildman–Crippen LogP) is 4.28. The van der Waals surface area contributed by atoms with Gasteiger partial charge in [-0.1, -0.05) is 11.6 Å². The van der Waals surface area contributed by atoms with Gasteiger partial charge in [0.1, 0.15) is 0 Å². The number of halogens is 2. The number of anilines is 2. The maximum Gasteiger partial charge on any atom is 0.264 e. The fourth-order valence-corrected chi connectivity index (χ4v) is 4.06. The SMILES string of the molecule is CCN(c1ccc(Br)c(Cl)c1)S(=O)(=O)c1ccc(NC(C)=O)cc1. The molecule has 0 aromatic heterocycles. The molecule has 0 fully saturated rings. The molecule has 1 N–H and O–H groups in total. The van der Waals surface area contributed by atoms with Crippen molar-refractivity contribution < 1.29 is 13.2 Å². The molecule has 1 amide bonds. The first-order valence-electron chi connectivity index (χ1n) is 7.11. The van der Waals surface area contributed by atoms with E-state index in [2.05, 4.69) is 21.2 Å². The van der Waals surface area contributed by atoms with Crippen molar-refractivity contribution in [2.45, 2.75) is 18.7 Å². The molecule has 0 aliphatic rings. The van der Waals surface area contributed by atoms with Crippen LogP contribution < -0.4 is 9.62 Å². The minimum absolute atomic E-state index is 0.137. The molecule has 0 unspecified atom stereocenters. The van der Waals surface area contributed by atoms with Crippen LogP contribution in [0.25, 0.3) is 0 Å². The van der Waals surface area contributed by atoms with Crippen molar-refractivity contribution in [2.24, 2.45) is 0 Å². The average molecular weight is 432 g/mol. The number of hydrogen-bond acceptors (Lipinski definition) is 3. The highest BCUT2D eigenvalue weighted by Gasteiger charge is 2.24. The maximum atomic E-state index is 12.9. The zero-order valence-corrected chi connectivity index (χ0v) is 16.2. The molecule has 0 bridgehead atoms. The lowest BCUT2D eigenvalue weighted by atomic mass is 10.3. The monoisotopic (exact) mass is 430 g/mol. The molecule has 0 saturated heterocycles. The molecule has 0 aliphatic carbocycles. The van der Waals surface area contributed by atoms with E-state index in [1.807, 2.05) is 0 Å². The summed E-state index contributed by atoms with van der Waals surface area (Å²) in [5, 5.41) is 3.03. The van der Waals surface area contributed by atoms with Crippen LogP contribution in [0.5, 0.6) is 0 Å². The quantitative estimate of drug-likeness (QED) is 0.768. The Morgan fingerprint density at radius 3 is 2.33 bits per heavy atom. The Bertz CT molecular complexity index is 854. The number of nitrogens with one attached hydrogen (secondary N) is 1. The Morgan fingerprint density at radius 2 is 1.83 bits per heavy atom. The van der Waals surface area contributed by atoms with Gasteiger partial charge in [-0.25, -0.2) is 8.42 Å². The van der Waals surface area contributed by atoms with Gasteiger partial charge in [0.05, 0.1) is 15.6 Å². The van der Waals surface area contributed by atoms with Crippen molar-refractivity contribution in [2.75, 3.05) is 16.2 Å². The molecule has 0 spiro atoms. The van der Waals surface area contributed by atoms with Crippen LogP contribution in [-0.2, 0) is 14.8 Å². The second kappa shape index (κ2) is 7.55. The maximum absolute atomic E-state index is 12.9. The highest BCUT2D eigenvalue weighted by Crippen LogP contribution is 2.30. The van der Waals surface area contributed by atoms with E-state index in [4.69, 9.17) is 11.6 Å². The minimum atomic E-state index is -3.73. The van der Waals surface area contributed by atoms with Crippen LogP contribution in [0.1, 0.15) is 13.8 Å². The Hall–Kier alpha value is -1.57. The number of carbonyl (C=O) groups is 1. The highest BCUT2D eigenvalue weighted by molar-refractivity contribution is 9.10. The van der Waals surface area contributed by atoms with Crippen molar-refractivity contribution in [1.29, 1.82) is 0 Å². The second-order valence-corrected chi connectivity index (χ2v) is 8.10. The van der Waals surface area contributed by atoms with Gasteiger partial charge in [0.15, 0.2) is 0 Å². The lowest BCUT2D eigenvalue weighted by Crippen LogP contribution is -2.30. The van der Waals surface area contributed by atoms with Crippen LogP contribution in [-0.4, -0.2) is 20.9 Å². The first-order valence-corrected chi connectivity index (χ1v) is 9.72. The Balaban J connectivity index is 2.39. The van der Waals surface area contributed by atoms with E-state index in [0.717, 1.165) is 0 Å². The average Bonchev–Trinajstić information content (AvgIpc) is 2.51. The van der Waals surface area contributed by atoms with E-state index < -0.39 is 10.0 Å². The minimum Gasteiger partial charge on any atom is -0.326 e. The number of carbonyl (C=O) groups excluding carboxylic acids is 1. The summed E-state index contributed by atoms with van der Waals surface area (Å²) in [4.78, 5) is 11.2. The molecule has 2 rings (SSSR count). The van der Waals surface area contributed by atoms with E-state index in [0.29, 0.717) is 20.9 Å². The van der Waals surface area contributed by atoms with Gasteiger partial charge >= 0.3 is 0 Å². The summed E-state index contributed by atoms with van der Waals surface area (Å²) in [7, 11) is -3.73. The van der Waals surface area contributed by atoms with Crippen molar-refractivity contribution in [3.8, 4) is 0 Å². The molecule has 24 heavy (non-hydrogen) atoms. The summed E-state index contributed by atoms with van der Waals surface area (Å²) >= 11 is 9.36. The number of rotatable bonds is 5. The fourth-order valence-electron chi connectivity index (χ4n) is 2.17. The molecule has 0 radical (unpaired) electrons. The van der Waals surface area contributed by atoms with Crippen LogP contribution >= 0.6 is 27.5 Å². The summed E-state index contributed by atoms with van der Waals surface area (Å²) in [6, 6.07) is 11.0. The number of benzene rings is 2. The van der Waals surface area contributed by atoms with Gasteiger partial charge in [-0.05, 0) is 65.3 Å². The molecule has 8 heteroatoms. The molecule has 0 atom stereocenters. The Morgan fingerprint density at radius 1 is 1.21 bits per heavy atom. The van der Waals surface area contributed by atoms with E-state index >= 15 is 0 Å². The first-order chi connectivity index (χ1) is 11.3. The molecule has 2 aromatic rings. The number of amides is 1. The summed E-state index contributed by atoms with van der Waals surface area (Å²) < 4.78 is 27.7. The molecule has 0 aliphatic heterocycles. The topological polar surface area (TPSA) is 66.5 Å². The second-order valence-electron chi connectivity index (χ2n) is 4.97. The standard InChI is InChI=1S/C16H16BrClN2O3S/c1-3-20(13-6-9-15(17)16(18)10-13)24(22,23)14-7-4-12(5-8-14)19-11(2)21/h4-10H,3H2,1-2H3,(H,19,21). The molecule has 5 nitrogen and oxygen atoms in total. The summed E-state index contributed by atoms with van der Waals surface area (Å²) in [5.74, 6) is -0.217. The van der Waals surface area contributed by atoms with Gasteiger partial charge in [-0.2, -0.15) is 0 Å². The number of sulfonamides is 1. The Labute approximate surface area is 154 Å². The third kappa shape index (κ3) is 4.09. The van der Waals surface area contributed by atoms with Crippen LogP contribution in [0.15, 0.2) is 51.8 Å². The zero-order valence-electron chi connectivity index (χ0n) is 13.1. The summed E-state index contributed by atoms with van der Waals surface area (Å²) in [5.41, 5.74) is 1.02. The normalized spacial score (nSPS) is 11.2. The van der Waals surface area contributed by atoms with Crippen LogP contribution in [0.3, 0.4) is 0 Å². The third-order valence-electron chi connectivity index (χ3n) is 3.24. The van der Waals surface area contributed by atoms with Gasteiger partial charge in [-0.3, -0.25) is 9.10 Å². The smallest absolute Gasteiger partial charge is 0.264 e. The van der Waals surface area contributed by atoms with Gasteiger partial charge in [0.2, 0.25) is 5.91 Å². The zero-order chi connectivity index (χ0) is 17.9. The van der Waals surface area contributed by atoms with Gasteiger partial charge in [-0.15, -0.1) is 0 Å². The lowest BCUT2D eigenvalue weighted by molar-refractivity contribution is -0.114. The number of nitrogens with zero attached hydrogens (tertiary/aromatic N) is 1. The van der Waals surface area contributed by atoms with Gasteiger partial charge < -0.3 is 5.32 Å². The van der Waals surface area contributed by atoms with E-state index in [-0.39, 0.29) is 17.3 Å². The Kier molecular flexibility index (Phi) is 5.90. The van der Waals surface area contributed by atoms with Gasteiger partial charge in [0.25, 0.3) is 10.0 Å². The predicted molar refractivity (Wildman–Crippen MR) is 100 cm³/mol. The summed E-state index contributed by atoms with van der Waals surface area (Å²) in [6.07, 6.45) is 0. The van der Waals surface area contributed by atoms with Gasteiger partial charge in [0, 0.05) is 23.6 Å². The van der Waals surface area contributed by atoms with E-state index in [1.54, 1.807) is 37.3 Å². The molecule has 0 heterocycles. The van der Waals surface area contributed by atoms with Crippen molar-refractivity contribution >= 4 is 54.8 Å². The van der Waals surface area contributed by atoms with Crippen LogP contribution in [0.2, 0.25) is 5.02 Å². The van der Waals surface area contributed by atoms with Crippen molar-refractivity contribution in [3.05, 3.63) is 52.0 Å². The molecular weight excluding hydrogens is 416 g/mol.